The summed E-state index contributed by atoms with van der Waals surface area (Å²) in [6, 6.07) is 0. The van der Waals surface area contributed by atoms with Crippen molar-refractivity contribution in [2.45, 2.75) is 26.2 Å². The van der Waals surface area contributed by atoms with Crippen LogP contribution < -0.4 is 16.4 Å². The third-order valence-corrected chi connectivity index (χ3v) is 3.93. The van der Waals surface area contributed by atoms with E-state index in [4.69, 9.17) is 11.5 Å². The van der Waals surface area contributed by atoms with Crippen molar-refractivity contribution in [3.8, 4) is 0 Å². The predicted molar refractivity (Wildman–Crippen MR) is 75.1 cm³/mol. The molecule has 2 heterocycles. The molecule has 19 heavy (non-hydrogen) atoms. The van der Waals surface area contributed by atoms with E-state index in [0.717, 1.165) is 44.7 Å². The van der Waals surface area contributed by atoms with Gasteiger partial charge in [-0.25, -0.2) is 0 Å². The summed E-state index contributed by atoms with van der Waals surface area (Å²) in [6.45, 7) is 4.45. The van der Waals surface area contributed by atoms with Gasteiger partial charge in [0.15, 0.2) is 0 Å². The topological polar surface area (TPSA) is 90.2 Å². The zero-order chi connectivity index (χ0) is 14.0. The number of nitrogens with zero attached hydrogens (tertiary/aromatic N) is 3. The van der Waals surface area contributed by atoms with E-state index in [1.165, 1.54) is 0 Å². The second-order valence-electron chi connectivity index (χ2n) is 5.28. The van der Waals surface area contributed by atoms with Crippen molar-refractivity contribution < 1.29 is 4.79 Å². The number of rotatable bonds is 4. The van der Waals surface area contributed by atoms with Gasteiger partial charge in [-0.15, -0.1) is 0 Å². The molecule has 0 atom stereocenters. The number of primary amides is 1. The Hall–Kier alpha value is -1.56. The monoisotopic (exact) mass is 265 g/mol. The number of carbonyl (C=O) groups is 1. The Bertz CT molecular complexity index is 460. The van der Waals surface area contributed by atoms with Crippen LogP contribution in [-0.4, -0.2) is 35.3 Å². The summed E-state index contributed by atoms with van der Waals surface area (Å²) >= 11 is 0. The van der Waals surface area contributed by atoms with Crippen molar-refractivity contribution in [2.75, 3.05) is 24.5 Å². The molecule has 106 valence electrons. The molecule has 6 heteroatoms. The fourth-order valence-electron chi connectivity index (χ4n) is 2.97. The lowest BCUT2D eigenvalue weighted by molar-refractivity contribution is 0.1000. The van der Waals surface area contributed by atoms with Crippen LogP contribution in [-0.2, 0) is 7.05 Å². The van der Waals surface area contributed by atoms with Crippen LogP contribution in [0.2, 0.25) is 0 Å². The number of piperidine rings is 1. The van der Waals surface area contributed by atoms with Gasteiger partial charge in [-0.1, -0.05) is 0 Å². The minimum Gasteiger partial charge on any atom is -0.365 e. The van der Waals surface area contributed by atoms with E-state index in [0.29, 0.717) is 17.2 Å². The number of nitrogens with two attached hydrogens (primary N) is 2. The third-order valence-electron chi connectivity index (χ3n) is 3.93. The molecule has 6 nitrogen and oxygen atoms in total. The molecule has 1 saturated heterocycles. The first-order valence-electron chi connectivity index (χ1n) is 6.83. The average Bonchev–Trinajstić information content (AvgIpc) is 2.66. The van der Waals surface area contributed by atoms with Gasteiger partial charge in [-0.2, -0.15) is 5.10 Å². The molecular weight excluding hydrogens is 242 g/mol. The molecule has 1 amide bonds. The summed E-state index contributed by atoms with van der Waals surface area (Å²) < 4.78 is 1.76. The van der Waals surface area contributed by atoms with Crippen LogP contribution in [0.3, 0.4) is 0 Å². The summed E-state index contributed by atoms with van der Waals surface area (Å²) in [5.74, 6) is 1.16. The molecule has 0 saturated carbocycles. The molecule has 0 aliphatic carbocycles. The first kappa shape index (κ1) is 13.9. The highest BCUT2D eigenvalue weighted by Crippen LogP contribution is 2.28. The maximum atomic E-state index is 11.6. The number of hydrogen-bond donors (Lipinski definition) is 2. The van der Waals surface area contributed by atoms with Gasteiger partial charge in [0, 0.05) is 20.1 Å². The zero-order valence-electron chi connectivity index (χ0n) is 11.7. The summed E-state index contributed by atoms with van der Waals surface area (Å²) in [7, 11) is 1.86. The van der Waals surface area contributed by atoms with Gasteiger partial charge in [0.05, 0.1) is 5.69 Å². The van der Waals surface area contributed by atoms with E-state index >= 15 is 0 Å². The van der Waals surface area contributed by atoms with Gasteiger partial charge in [0.2, 0.25) is 0 Å². The van der Waals surface area contributed by atoms with Crippen LogP contribution in [0.25, 0.3) is 0 Å². The lowest BCUT2D eigenvalue weighted by atomic mass is 9.93. The minimum absolute atomic E-state index is 0.398. The maximum absolute atomic E-state index is 11.6. The van der Waals surface area contributed by atoms with E-state index in [9.17, 15) is 4.79 Å². The molecule has 1 aromatic rings. The molecule has 2 rings (SSSR count). The molecule has 4 N–H and O–H groups in total. The van der Waals surface area contributed by atoms with Crippen molar-refractivity contribution >= 4 is 11.7 Å². The second kappa shape index (κ2) is 5.61. The van der Waals surface area contributed by atoms with E-state index in [1.54, 1.807) is 4.68 Å². The van der Waals surface area contributed by atoms with E-state index in [1.807, 2.05) is 14.0 Å². The zero-order valence-corrected chi connectivity index (χ0v) is 11.7. The highest BCUT2D eigenvalue weighted by atomic mass is 16.1. The largest absolute Gasteiger partial charge is 0.365 e. The first-order chi connectivity index (χ1) is 9.04. The maximum Gasteiger partial charge on any atom is 0.254 e. The molecule has 0 bridgehead atoms. The van der Waals surface area contributed by atoms with Gasteiger partial charge in [0.1, 0.15) is 11.4 Å². The highest BCUT2D eigenvalue weighted by Gasteiger charge is 2.26. The lowest BCUT2D eigenvalue weighted by Crippen LogP contribution is -2.36. The molecule has 1 fully saturated rings. The minimum atomic E-state index is -0.398. The van der Waals surface area contributed by atoms with Gasteiger partial charge in [0.25, 0.3) is 5.91 Å². The van der Waals surface area contributed by atoms with Crippen molar-refractivity contribution in [3.05, 3.63) is 11.3 Å². The standard InChI is InChI=1S/C13H23N5O/c1-9-11(12(15)19)13(17(2)16-9)18-7-4-10(3-6-14)5-8-18/h10H,3-8,14H2,1-2H3,(H2,15,19). The van der Waals surface area contributed by atoms with E-state index < -0.39 is 5.91 Å². The molecule has 0 radical (unpaired) electrons. The normalized spacial score (nSPS) is 16.9. The molecule has 0 spiro atoms. The Kier molecular flexibility index (Phi) is 4.09. The number of aromatic nitrogens is 2. The molecule has 0 aromatic carbocycles. The fraction of sp³-hybridized carbons (Fsp3) is 0.692. The number of carbonyl (C=O) groups excluding carboxylic acids is 1. The SMILES string of the molecule is Cc1nn(C)c(N2CCC(CCN)CC2)c1C(N)=O. The van der Waals surface area contributed by atoms with Gasteiger partial charge in [-0.3, -0.25) is 9.48 Å². The quantitative estimate of drug-likeness (QED) is 0.824. The second-order valence-corrected chi connectivity index (χ2v) is 5.28. The Balaban J connectivity index is 2.17. The number of aryl methyl sites for hydroxylation is 2. The third kappa shape index (κ3) is 2.73. The number of hydrogen-bond acceptors (Lipinski definition) is 4. The summed E-state index contributed by atoms with van der Waals surface area (Å²) in [5.41, 5.74) is 12.3. The Labute approximate surface area is 113 Å². The fourth-order valence-corrected chi connectivity index (χ4v) is 2.97. The first-order valence-corrected chi connectivity index (χ1v) is 6.83. The van der Waals surface area contributed by atoms with Crippen LogP contribution >= 0.6 is 0 Å². The van der Waals surface area contributed by atoms with Crippen LogP contribution in [0.15, 0.2) is 0 Å². The molecule has 1 aliphatic heterocycles. The molecule has 1 aromatic heterocycles. The van der Waals surface area contributed by atoms with Crippen LogP contribution in [0.5, 0.6) is 0 Å². The van der Waals surface area contributed by atoms with Crippen molar-refractivity contribution in [1.82, 2.24) is 9.78 Å². The molecular formula is C13H23N5O. The van der Waals surface area contributed by atoms with E-state index in [-0.39, 0.29) is 0 Å². The number of anilines is 1. The summed E-state index contributed by atoms with van der Waals surface area (Å²) in [6.07, 6.45) is 3.31. The van der Waals surface area contributed by atoms with E-state index in [2.05, 4.69) is 10.00 Å². The van der Waals surface area contributed by atoms with Crippen molar-refractivity contribution in [2.24, 2.45) is 24.4 Å². The van der Waals surface area contributed by atoms with Gasteiger partial charge >= 0.3 is 0 Å². The Morgan fingerprint density at radius 1 is 1.42 bits per heavy atom. The average molecular weight is 265 g/mol. The lowest BCUT2D eigenvalue weighted by Gasteiger charge is -2.33. The van der Waals surface area contributed by atoms with Crippen LogP contribution in [0.4, 0.5) is 5.82 Å². The predicted octanol–water partition coefficient (Wildman–Crippen LogP) is 0.393. The Morgan fingerprint density at radius 2 is 2.05 bits per heavy atom. The molecule has 0 unspecified atom stereocenters. The van der Waals surface area contributed by atoms with Gasteiger partial charge in [-0.05, 0) is 38.6 Å². The highest BCUT2D eigenvalue weighted by molar-refractivity contribution is 5.99. The van der Waals surface area contributed by atoms with Gasteiger partial charge < -0.3 is 16.4 Å². The smallest absolute Gasteiger partial charge is 0.254 e. The van der Waals surface area contributed by atoms with Crippen LogP contribution in [0, 0.1) is 12.8 Å². The summed E-state index contributed by atoms with van der Waals surface area (Å²) in [4.78, 5) is 13.8. The molecule has 1 aliphatic rings. The number of amides is 1. The summed E-state index contributed by atoms with van der Waals surface area (Å²) in [5, 5.41) is 4.32. The van der Waals surface area contributed by atoms with Crippen molar-refractivity contribution in [1.29, 1.82) is 0 Å². The Morgan fingerprint density at radius 3 is 2.58 bits per heavy atom. The van der Waals surface area contributed by atoms with Crippen molar-refractivity contribution in [3.63, 3.8) is 0 Å². The van der Waals surface area contributed by atoms with Crippen LogP contribution in [0.1, 0.15) is 35.3 Å².